The average molecular weight is 308 g/mol. The molecule has 0 aliphatic heterocycles. The zero-order chi connectivity index (χ0) is 14.8. The van der Waals surface area contributed by atoms with Crippen molar-refractivity contribution < 1.29 is 0 Å². The maximum atomic E-state index is 4.91. The highest BCUT2D eigenvalue weighted by Crippen LogP contribution is 2.00. The lowest BCUT2D eigenvalue weighted by atomic mass is 10.1. The van der Waals surface area contributed by atoms with E-state index in [2.05, 4.69) is 31.7 Å². The quantitative estimate of drug-likeness (QED) is 0.370. The normalized spacial score (nSPS) is 10.5. The predicted molar refractivity (Wildman–Crippen MR) is 91.2 cm³/mol. The van der Waals surface area contributed by atoms with Crippen molar-refractivity contribution in [2.45, 2.75) is 0 Å². The SMILES string of the molecule is CNC(=S)N/N=C/c1cccc(/C=N/NC(=S)NC)c1. The number of thiocarbonyl (C=S) groups is 2. The first-order chi connectivity index (χ1) is 9.65. The van der Waals surface area contributed by atoms with Gasteiger partial charge in [-0.25, -0.2) is 0 Å². The molecule has 0 saturated carbocycles. The number of rotatable bonds is 4. The van der Waals surface area contributed by atoms with Gasteiger partial charge < -0.3 is 10.6 Å². The Balaban J connectivity index is 2.61. The lowest BCUT2D eigenvalue weighted by Gasteiger charge is -2.01. The van der Waals surface area contributed by atoms with Crippen LogP contribution in [0.3, 0.4) is 0 Å². The van der Waals surface area contributed by atoms with Gasteiger partial charge in [-0.2, -0.15) is 10.2 Å². The molecule has 0 bridgehead atoms. The molecule has 20 heavy (non-hydrogen) atoms. The molecule has 1 aromatic carbocycles. The molecule has 106 valence electrons. The molecule has 0 heterocycles. The van der Waals surface area contributed by atoms with Gasteiger partial charge in [0, 0.05) is 14.1 Å². The second-order valence-electron chi connectivity index (χ2n) is 3.57. The molecule has 1 aromatic rings. The molecule has 0 aromatic heterocycles. The molecular formula is C12H16N6S2. The van der Waals surface area contributed by atoms with Crippen molar-refractivity contribution in [1.29, 1.82) is 0 Å². The van der Waals surface area contributed by atoms with Gasteiger partial charge in [-0.05, 0) is 41.6 Å². The van der Waals surface area contributed by atoms with Crippen LogP contribution in [0.5, 0.6) is 0 Å². The van der Waals surface area contributed by atoms with Crippen LogP contribution in [0.1, 0.15) is 11.1 Å². The minimum atomic E-state index is 0.462. The first-order valence-corrected chi connectivity index (χ1v) is 6.59. The van der Waals surface area contributed by atoms with E-state index in [1.165, 1.54) is 0 Å². The largest absolute Gasteiger partial charge is 0.364 e. The number of hydrogen-bond acceptors (Lipinski definition) is 4. The summed E-state index contributed by atoms with van der Waals surface area (Å²) in [5.41, 5.74) is 7.22. The predicted octanol–water partition coefficient (Wildman–Crippen LogP) is 0.542. The second-order valence-corrected chi connectivity index (χ2v) is 4.38. The summed E-state index contributed by atoms with van der Waals surface area (Å²) in [5.74, 6) is 0. The van der Waals surface area contributed by atoms with Crippen molar-refractivity contribution in [2.75, 3.05) is 14.1 Å². The monoisotopic (exact) mass is 308 g/mol. The zero-order valence-electron chi connectivity index (χ0n) is 11.2. The maximum absolute atomic E-state index is 4.91. The Morgan fingerprint density at radius 1 is 0.950 bits per heavy atom. The summed E-state index contributed by atoms with van der Waals surface area (Å²) in [5, 5.41) is 14.5. The summed E-state index contributed by atoms with van der Waals surface area (Å²) < 4.78 is 0. The van der Waals surface area contributed by atoms with E-state index < -0.39 is 0 Å². The van der Waals surface area contributed by atoms with Crippen molar-refractivity contribution >= 4 is 47.1 Å². The number of hydrogen-bond donors (Lipinski definition) is 4. The van der Waals surface area contributed by atoms with E-state index in [4.69, 9.17) is 24.4 Å². The van der Waals surface area contributed by atoms with Gasteiger partial charge in [0.15, 0.2) is 10.2 Å². The van der Waals surface area contributed by atoms with E-state index >= 15 is 0 Å². The van der Waals surface area contributed by atoms with Gasteiger partial charge in [0.05, 0.1) is 12.4 Å². The van der Waals surface area contributed by atoms with E-state index in [0.29, 0.717) is 10.2 Å². The summed E-state index contributed by atoms with van der Waals surface area (Å²) in [4.78, 5) is 0. The van der Waals surface area contributed by atoms with E-state index in [9.17, 15) is 0 Å². The summed E-state index contributed by atoms with van der Waals surface area (Å²) in [6.07, 6.45) is 3.35. The topological polar surface area (TPSA) is 72.8 Å². The first kappa shape index (κ1) is 16.0. The van der Waals surface area contributed by atoms with Crippen molar-refractivity contribution in [3.8, 4) is 0 Å². The standard InChI is InChI=1S/C12H16N6S2/c1-13-11(19)17-15-7-9-4-3-5-10(6-9)8-16-18-12(20)14-2/h3-8H,1-2H3,(H2,13,17,19)(H2,14,18,20)/b15-7+,16-8+. The van der Waals surface area contributed by atoms with Crippen LogP contribution in [-0.2, 0) is 0 Å². The molecule has 0 unspecified atom stereocenters. The third-order valence-corrected chi connectivity index (χ3v) is 2.72. The fraction of sp³-hybridized carbons (Fsp3) is 0.167. The lowest BCUT2D eigenvalue weighted by Crippen LogP contribution is -2.28. The first-order valence-electron chi connectivity index (χ1n) is 5.77. The summed E-state index contributed by atoms with van der Waals surface area (Å²) in [7, 11) is 3.45. The molecule has 4 N–H and O–H groups in total. The fourth-order valence-corrected chi connectivity index (χ4v) is 1.27. The van der Waals surface area contributed by atoms with Crippen LogP contribution in [0, 0.1) is 0 Å². The van der Waals surface area contributed by atoms with Crippen molar-refractivity contribution in [3.05, 3.63) is 35.4 Å². The molecule has 0 aliphatic carbocycles. The Morgan fingerprint density at radius 2 is 1.40 bits per heavy atom. The highest BCUT2D eigenvalue weighted by molar-refractivity contribution is 7.80. The second kappa shape index (κ2) is 8.94. The number of nitrogens with one attached hydrogen (secondary N) is 4. The van der Waals surface area contributed by atoms with Crippen molar-refractivity contribution in [1.82, 2.24) is 21.5 Å². The van der Waals surface area contributed by atoms with Crippen LogP contribution in [-0.4, -0.2) is 36.7 Å². The van der Waals surface area contributed by atoms with Crippen LogP contribution in [0.4, 0.5) is 0 Å². The molecule has 0 fully saturated rings. The highest BCUT2D eigenvalue weighted by Gasteiger charge is 1.92. The Bertz CT molecular complexity index is 483. The zero-order valence-corrected chi connectivity index (χ0v) is 12.8. The molecule has 8 heteroatoms. The third-order valence-electron chi connectivity index (χ3n) is 2.12. The van der Waals surface area contributed by atoms with Gasteiger partial charge in [-0.1, -0.05) is 18.2 Å². The van der Waals surface area contributed by atoms with Crippen LogP contribution in [0.25, 0.3) is 0 Å². The number of hydrazone groups is 2. The van der Waals surface area contributed by atoms with Crippen LogP contribution in [0.2, 0.25) is 0 Å². The molecule has 0 amide bonds. The summed E-state index contributed by atoms with van der Waals surface area (Å²) in [6.45, 7) is 0. The molecule has 0 aliphatic rings. The number of nitrogens with zero attached hydrogens (tertiary/aromatic N) is 2. The molecule has 0 radical (unpaired) electrons. The number of benzene rings is 1. The van der Waals surface area contributed by atoms with Gasteiger partial charge in [0.1, 0.15) is 0 Å². The van der Waals surface area contributed by atoms with Crippen molar-refractivity contribution in [3.63, 3.8) is 0 Å². The maximum Gasteiger partial charge on any atom is 0.186 e. The van der Waals surface area contributed by atoms with Gasteiger partial charge >= 0.3 is 0 Å². The smallest absolute Gasteiger partial charge is 0.186 e. The van der Waals surface area contributed by atoms with Crippen LogP contribution >= 0.6 is 24.4 Å². The molecular weight excluding hydrogens is 292 g/mol. The van der Waals surface area contributed by atoms with E-state index in [1.807, 2.05) is 24.3 Å². The Labute approximate surface area is 128 Å². The van der Waals surface area contributed by atoms with Gasteiger partial charge in [-0.3, -0.25) is 10.9 Å². The van der Waals surface area contributed by atoms with E-state index in [0.717, 1.165) is 11.1 Å². The lowest BCUT2D eigenvalue weighted by molar-refractivity contribution is 0.981. The van der Waals surface area contributed by atoms with Gasteiger partial charge in [0.25, 0.3) is 0 Å². The van der Waals surface area contributed by atoms with Gasteiger partial charge in [0.2, 0.25) is 0 Å². The molecule has 0 atom stereocenters. The van der Waals surface area contributed by atoms with Crippen LogP contribution in [0.15, 0.2) is 34.5 Å². The molecule has 1 rings (SSSR count). The Morgan fingerprint density at radius 3 is 1.80 bits per heavy atom. The average Bonchev–Trinajstić information content (AvgIpc) is 2.47. The minimum Gasteiger partial charge on any atom is -0.364 e. The third kappa shape index (κ3) is 6.21. The Hall–Kier alpha value is -2.06. The molecule has 6 nitrogen and oxygen atoms in total. The summed E-state index contributed by atoms with van der Waals surface area (Å²) in [6, 6.07) is 7.70. The van der Waals surface area contributed by atoms with E-state index in [-0.39, 0.29) is 0 Å². The minimum absolute atomic E-state index is 0.462. The van der Waals surface area contributed by atoms with Crippen molar-refractivity contribution in [2.24, 2.45) is 10.2 Å². The highest BCUT2D eigenvalue weighted by atomic mass is 32.1. The summed E-state index contributed by atoms with van der Waals surface area (Å²) >= 11 is 9.81. The molecule has 0 saturated heterocycles. The Kier molecular flexibility index (Phi) is 7.15. The van der Waals surface area contributed by atoms with Gasteiger partial charge in [-0.15, -0.1) is 0 Å². The molecule has 0 spiro atoms. The fourth-order valence-electron chi connectivity index (χ4n) is 1.16. The van der Waals surface area contributed by atoms with E-state index in [1.54, 1.807) is 26.5 Å². The van der Waals surface area contributed by atoms with Crippen LogP contribution < -0.4 is 21.5 Å².